The van der Waals surface area contributed by atoms with Gasteiger partial charge in [-0.3, -0.25) is 9.78 Å². The molecule has 0 spiro atoms. The summed E-state index contributed by atoms with van der Waals surface area (Å²) in [4.78, 5) is 15.4. The molecule has 3 heteroatoms. The van der Waals surface area contributed by atoms with E-state index in [4.69, 9.17) is 0 Å². The summed E-state index contributed by atoms with van der Waals surface area (Å²) in [5, 5.41) is 3.05. The van der Waals surface area contributed by atoms with Gasteiger partial charge in [-0.2, -0.15) is 0 Å². The molecular weight excluding hydrogens is 164 g/mol. The van der Waals surface area contributed by atoms with E-state index in [1.807, 2.05) is 19.9 Å². The van der Waals surface area contributed by atoms with E-state index in [0.717, 1.165) is 0 Å². The van der Waals surface area contributed by atoms with Crippen molar-refractivity contribution < 1.29 is 4.79 Å². The third-order valence-electron chi connectivity index (χ3n) is 1.62. The van der Waals surface area contributed by atoms with E-state index in [2.05, 4.69) is 10.3 Å². The number of nitrogens with zero attached hydrogens (tertiary/aromatic N) is 1. The minimum absolute atomic E-state index is 0.0364. The Kier molecular flexibility index (Phi) is 3.58. The van der Waals surface area contributed by atoms with Crippen molar-refractivity contribution in [3.8, 4) is 0 Å². The Labute approximate surface area is 78.2 Å². The minimum Gasteiger partial charge on any atom is -0.307 e. The Morgan fingerprint density at radius 3 is 2.85 bits per heavy atom. The lowest BCUT2D eigenvalue weighted by Crippen LogP contribution is -2.29. The molecule has 0 saturated carbocycles. The van der Waals surface area contributed by atoms with E-state index in [9.17, 15) is 4.79 Å². The molecule has 0 radical (unpaired) electrons. The summed E-state index contributed by atoms with van der Waals surface area (Å²) < 4.78 is 0. The van der Waals surface area contributed by atoms with Gasteiger partial charge in [0.05, 0.1) is 6.54 Å². The summed E-state index contributed by atoms with van der Waals surface area (Å²) in [7, 11) is 0. The van der Waals surface area contributed by atoms with Gasteiger partial charge < -0.3 is 5.32 Å². The Bertz CT molecular complexity index is 270. The quantitative estimate of drug-likeness (QED) is 0.706. The SMILES string of the molecule is CC(C)NCC(=O)c1ccccn1. The van der Waals surface area contributed by atoms with Crippen LogP contribution in [0, 0.1) is 0 Å². The molecule has 3 nitrogen and oxygen atoms in total. The zero-order valence-electron chi connectivity index (χ0n) is 7.95. The average Bonchev–Trinajstić information content (AvgIpc) is 2.15. The molecule has 0 saturated heterocycles. The van der Waals surface area contributed by atoms with E-state index in [1.165, 1.54) is 0 Å². The molecular formula is C10H14N2O. The zero-order valence-corrected chi connectivity index (χ0v) is 7.95. The number of rotatable bonds is 4. The second-order valence-electron chi connectivity index (χ2n) is 3.17. The number of ketones is 1. The molecule has 1 aromatic rings. The summed E-state index contributed by atoms with van der Waals surface area (Å²) >= 11 is 0. The molecule has 1 rings (SSSR count). The van der Waals surface area contributed by atoms with Crippen LogP contribution >= 0.6 is 0 Å². The first-order valence-corrected chi connectivity index (χ1v) is 4.38. The van der Waals surface area contributed by atoms with Gasteiger partial charge in [-0.05, 0) is 12.1 Å². The van der Waals surface area contributed by atoms with Crippen LogP contribution in [0.5, 0.6) is 0 Å². The van der Waals surface area contributed by atoms with Crippen molar-refractivity contribution >= 4 is 5.78 Å². The zero-order chi connectivity index (χ0) is 9.68. The van der Waals surface area contributed by atoms with Crippen molar-refractivity contribution in [3.63, 3.8) is 0 Å². The molecule has 1 heterocycles. The number of pyridine rings is 1. The second kappa shape index (κ2) is 4.72. The Balaban J connectivity index is 2.50. The highest BCUT2D eigenvalue weighted by atomic mass is 16.1. The molecule has 1 aromatic heterocycles. The molecule has 0 bridgehead atoms. The maximum atomic E-state index is 11.4. The van der Waals surface area contributed by atoms with Crippen molar-refractivity contribution in [2.24, 2.45) is 0 Å². The molecule has 0 aliphatic carbocycles. The standard InChI is InChI=1S/C10H14N2O/c1-8(2)12-7-10(13)9-5-3-4-6-11-9/h3-6,8,12H,7H2,1-2H3. The fourth-order valence-corrected chi connectivity index (χ4v) is 0.915. The second-order valence-corrected chi connectivity index (χ2v) is 3.17. The summed E-state index contributed by atoms with van der Waals surface area (Å²) in [6.45, 7) is 4.37. The normalized spacial score (nSPS) is 10.4. The molecule has 0 unspecified atom stereocenters. The highest BCUT2D eigenvalue weighted by molar-refractivity contribution is 5.95. The number of aromatic nitrogens is 1. The van der Waals surface area contributed by atoms with E-state index < -0.39 is 0 Å². The topological polar surface area (TPSA) is 42.0 Å². The fourth-order valence-electron chi connectivity index (χ4n) is 0.915. The lowest BCUT2D eigenvalue weighted by molar-refractivity contribution is 0.0984. The summed E-state index contributed by atoms with van der Waals surface area (Å²) in [5.41, 5.74) is 0.524. The van der Waals surface area contributed by atoms with Crippen LogP contribution in [0.2, 0.25) is 0 Å². The van der Waals surface area contributed by atoms with E-state index in [-0.39, 0.29) is 5.78 Å². The highest BCUT2D eigenvalue weighted by Crippen LogP contribution is 1.94. The van der Waals surface area contributed by atoms with Crippen LogP contribution in [0.3, 0.4) is 0 Å². The first kappa shape index (κ1) is 9.86. The summed E-state index contributed by atoms with van der Waals surface area (Å²) in [5.74, 6) is 0.0364. The highest BCUT2D eigenvalue weighted by Gasteiger charge is 2.05. The van der Waals surface area contributed by atoms with Gasteiger partial charge in [0.2, 0.25) is 0 Å². The Morgan fingerprint density at radius 2 is 2.31 bits per heavy atom. The number of nitrogens with one attached hydrogen (secondary N) is 1. The fraction of sp³-hybridized carbons (Fsp3) is 0.400. The number of carbonyl (C=O) groups excluding carboxylic acids is 1. The van der Waals surface area contributed by atoms with Crippen molar-refractivity contribution in [1.29, 1.82) is 0 Å². The largest absolute Gasteiger partial charge is 0.307 e. The van der Waals surface area contributed by atoms with E-state index in [1.54, 1.807) is 18.3 Å². The van der Waals surface area contributed by atoms with Crippen molar-refractivity contribution in [2.45, 2.75) is 19.9 Å². The van der Waals surface area contributed by atoms with Gasteiger partial charge in [0.1, 0.15) is 5.69 Å². The smallest absolute Gasteiger partial charge is 0.194 e. The molecule has 70 valence electrons. The summed E-state index contributed by atoms with van der Waals surface area (Å²) in [6, 6.07) is 5.67. The van der Waals surface area contributed by atoms with Gasteiger partial charge in [0, 0.05) is 12.2 Å². The van der Waals surface area contributed by atoms with Crippen LogP contribution in [0.1, 0.15) is 24.3 Å². The van der Waals surface area contributed by atoms with Crippen LogP contribution in [0.15, 0.2) is 24.4 Å². The molecule has 0 aromatic carbocycles. The predicted molar refractivity (Wildman–Crippen MR) is 51.7 cm³/mol. The monoisotopic (exact) mass is 178 g/mol. The van der Waals surface area contributed by atoms with Crippen LogP contribution in [0.4, 0.5) is 0 Å². The molecule has 0 aliphatic heterocycles. The molecule has 0 aliphatic rings. The van der Waals surface area contributed by atoms with E-state index in [0.29, 0.717) is 18.3 Å². The third kappa shape index (κ3) is 3.34. The van der Waals surface area contributed by atoms with Gasteiger partial charge in [-0.25, -0.2) is 0 Å². The molecule has 0 fully saturated rings. The minimum atomic E-state index is 0.0364. The maximum Gasteiger partial charge on any atom is 0.194 e. The molecule has 1 N–H and O–H groups in total. The maximum absolute atomic E-state index is 11.4. The number of carbonyl (C=O) groups is 1. The number of Topliss-reactive ketones (excluding diaryl/α,β-unsaturated/α-hetero) is 1. The number of hydrogen-bond donors (Lipinski definition) is 1. The van der Waals surface area contributed by atoms with Crippen molar-refractivity contribution in [2.75, 3.05) is 6.54 Å². The van der Waals surface area contributed by atoms with Crippen LogP contribution in [-0.2, 0) is 0 Å². The van der Waals surface area contributed by atoms with Gasteiger partial charge in [-0.1, -0.05) is 19.9 Å². The van der Waals surface area contributed by atoms with Gasteiger partial charge in [0.25, 0.3) is 0 Å². The van der Waals surface area contributed by atoms with Crippen LogP contribution in [0.25, 0.3) is 0 Å². The van der Waals surface area contributed by atoms with Gasteiger partial charge >= 0.3 is 0 Å². The van der Waals surface area contributed by atoms with E-state index >= 15 is 0 Å². The van der Waals surface area contributed by atoms with Crippen LogP contribution < -0.4 is 5.32 Å². The van der Waals surface area contributed by atoms with Crippen LogP contribution in [-0.4, -0.2) is 23.4 Å². The third-order valence-corrected chi connectivity index (χ3v) is 1.62. The average molecular weight is 178 g/mol. The summed E-state index contributed by atoms with van der Waals surface area (Å²) in [6.07, 6.45) is 1.63. The predicted octanol–water partition coefficient (Wildman–Crippen LogP) is 1.26. The van der Waals surface area contributed by atoms with Crippen molar-refractivity contribution in [3.05, 3.63) is 30.1 Å². The number of hydrogen-bond acceptors (Lipinski definition) is 3. The lowest BCUT2D eigenvalue weighted by Gasteiger charge is -2.05. The van der Waals surface area contributed by atoms with Gasteiger partial charge in [0.15, 0.2) is 5.78 Å². The van der Waals surface area contributed by atoms with Crippen molar-refractivity contribution in [1.82, 2.24) is 10.3 Å². The lowest BCUT2D eigenvalue weighted by atomic mass is 10.2. The molecule has 13 heavy (non-hydrogen) atoms. The molecule has 0 amide bonds. The molecule has 0 atom stereocenters. The Hall–Kier alpha value is -1.22. The van der Waals surface area contributed by atoms with Gasteiger partial charge in [-0.15, -0.1) is 0 Å². The first-order chi connectivity index (χ1) is 6.20. The Morgan fingerprint density at radius 1 is 1.54 bits per heavy atom. The first-order valence-electron chi connectivity index (χ1n) is 4.38.